The molecule has 110 valence electrons. The number of nitrogens with zero attached hydrogens (tertiary/aromatic N) is 1. The Morgan fingerprint density at radius 1 is 1.05 bits per heavy atom. The van der Waals surface area contributed by atoms with Crippen molar-refractivity contribution < 1.29 is 9.53 Å². The van der Waals surface area contributed by atoms with Gasteiger partial charge in [0.15, 0.2) is 0 Å². The molecule has 2 aromatic rings. The second-order valence-electron chi connectivity index (χ2n) is 4.99. The lowest BCUT2D eigenvalue weighted by Gasteiger charge is -2.18. The third-order valence-electron chi connectivity index (χ3n) is 3.28. The number of unbranched alkanes of at least 4 members (excludes halogenated alkanes) is 1. The van der Waals surface area contributed by atoms with Gasteiger partial charge in [-0.05, 0) is 30.7 Å². The maximum absolute atomic E-state index is 12.5. The highest BCUT2D eigenvalue weighted by atomic mass is 16.5. The molecular weight excluding hydrogens is 262 g/mol. The number of amides is 1. The average Bonchev–Trinajstić information content (AvgIpc) is 2.53. The van der Waals surface area contributed by atoms with E-state index in [9.17, 15) is 4.79 Å². The Labute approximate surface area is 126 Å². The van der Waals surface area contributed by atoms with Crippen LogP contribution in [-0.2, 0) is 0 Å². The molecule has 0 aliphatic rings. The van der Waals surface area contributed by atoms with Crippen LogP contribution in [0.5, 0.6) is 11.5 Å². The van der Waals surface area contributed by atoms with Crippen molar-refractivity contribution in [1.82, 2.24) is 4.90 Å². The third kappa shape index (κ3) is 4.09. The molecule has 0 bridgehead atoms. The number of carbonyl (C=O) groups excluding carboxylic acids is 1. The largest absolute Gasteiger partial charge is 0.457 e. The fourth-order valence-electron chi connectivity index (χ4n) is 2.05. The van der Waals surface area contributed by atoms with Crippen LogP contribution in [0.15, 0.2) is 54.6 Å². The number of para-hydroxylation sites is 2. The number of carbonyl (C=O) groups is 1. The van der Waals surface area contributed by atoms with Gasteiger partial charge < -0.3 is 9.64 Å². The van der Waals surface area contributed by atoms with Crippen molar-refractivity contribution in [3.05, 3.63) is 60.2 Å². The van der Waals surface area contributed by atoms with E-state index in [4.69, 9.17) is 4.74 Å². The summed E-state index contributed by atoms with van der Waals surface area (Å²) in [6.07, 6.45) is 2.07. The minimum absolute atomic E-state index is 0.00465. The zero-order valence-electron chi connectivity index (χ0n) is 12.6. The monoisotopic (exact) mass is 283 g/mol. The summed E-state index contributed by atoms with van der Waals surface area (Å²) in [6.45, 7) is 2.87. The molecule has 1 amide bonds. The number of ether oxygens (including phenoxy) is 1. The number of rotatable bonds is 6. The molecule has 0 aliphatic heterocycles. The molecule has 2 rings (SSSR count). The van der Waals surface area contributed by atoms with Crippen LogP contribution >= 0.6 is 0 Å². The van der Waals surface area contributed by atoms with Crippen molar-refractivity contribution in [3.63, 3.8) is 0 Å². The molecule has 0 N–H and O–H groups in total. The first-order chi connectivity index (χ1) is 10.2. The maximum atomic E-state index is 12.5. The van der Waals surface area contributed by atoms with Crippen LogP contribution in [0.25, 0.3) is 0 Å². The quantitative estimate of drug-likeness (QED) is 0.788. The van der Waals surface area contributed by atoms with Gasteiger partial charge in [0.2, 0.25) is 0 Å². The Morgan fingerprint density at radius 2 is 1.71 bits per heavy atom. The minimum Gasteiger partial charge on any atom is -0.457 e. The van der Waals surface area contributed by atoms with E-state index in [-0.39, 0.29) is 5.91 Å². The summed E-state index contributed by atoms with van der Waals surface area (Å²) in [5.74, 6) is 1.32. The molecule has 0 radical (unpaired) electrons. The Morgan fingerprint density at radius 3 is 2.43 bits per heavy atom. The lowest BCUT2D eigenvalue weighted by Crippen LogP contribution is -2.27. The lowest BCUT2D eigenvalue weighted by molar-refractivity contribution is 0.0790. The van der Waals surface area contributed by atoms with Gasteiger partial charge in [0, 0.05) is 13.6 Å². The third-order valence-corrected chi connectivity index (χ3v) is 3.28. The first-order valence-electron chi connectivity index (χ1n) is 7.29. The van der Waals surface area contributed by atoms with Crippen LogP contribution in [-0.4, -0.2) is 24.4 Å². The van der Waals surface area contributed by atoms with E-state index < -0.39 is 0 Å². The zero-order chi connectivity index (χ0) is 15.1. The summed E-state index contributed by atoms with van der Waals surface area (Å²) in [7, 11) is 1.83. The summed E-state index contributed by atoms with van der Waals surface area (Å²) >= 11 is 0. The predicted octanol–water partition coefficient (Wildman–Crippen LogP) is 4.35. The van der Waals surface area contributed by atoms with Gasteiger partial charge in [-0.3, -0.25) is 4.79 Å². The SMILES string of the molecule is CCCCN(C)C(=O)c1ccccc1Oc1ccccc1. The number of hydrogen-bond donors (Lipinski definition) is 0. The van der Waals surface area contributed by atoms with Gasteiger partial charge >= 0.3 is 0 Å². The predicted molar refractivity (Wildman–Crippen MR) is 84.8 cm³/mol. The molecule has 0 unspecified atom stereocenters. The van der Waals surface area contributed by atoms with Crippen LogP contribution in [0.1, 0.15) is 30.1 Å². The number of benzene rings is 2. The van der Waals surface area contributed by atoms with E-state index in [1.54, 1.807) is 4.90 Å². The van der Waals surface area contributed by atoms with E-state index in [0.717, 1.165) is 25.1 Å². The molecule has 0 saturated heterocycles. The summed E-state index contributed by atoms with van der Waals surface area (Å²) < 4.78 is 5.84. The molecule has 0 aromatic heterocycles. The first-order valence-corrected chi connectivity index (χ1v) is 7.29. The molecule has 0 saturated carbocycles. The van der Waals surface area contributed by atoms with Gasteiger partial charge in [-0.1, -0.05) is 43.7 Å². The average molecular weight is 283 g/mol. The van der Waals surface area contributed by atoms with Crippen LogP contribution in [0.2, 0.25) is 0 Å². The molecule has 3 heteroatoms. The first kappa shape index (κ1) is 15.1. The van der Waals surface area contributed by atoms with Crippen molar-refractivity contribution in [2.75, 3.05) is 13.6 Å². The smallest absolute Gasteiger partial charge is 0.257 e. The highest BCUT2D eigenvalue weighted by Crippen LogP contribution is 2.25. The van der Waals surface area contributed by atoms with Crippen molar-refractivity contribution in [2.45, 2.75) is 19.8 Å². The summed E-state index contributed by atoms with van der Waals surface area (Å²) in [5.41, 5.74) is 0.597. The van der Waals surface area contributed by atoms with Crippen molar-refractivity contribution >= 4 is 5.91 Å². The van der Waals surface area contributed by atoms with E-state index in [2.05, 4.69) is 6.92 Å². The van der Waals surface area contributed by atoms with Gasteiger partial charge in [-0.15, -0.1) is 0 Å². The van der Waals surface area contributed by atoms with Gasteiger partial charge in [-0.25, -0.2) is 0 Å². The van der Waals surface area contributed by atoms with E-state index in [0.29, 0.717) is 11.3 Å². The zero-order valence-corrected chi connectivity index (χ0v) is 12.6. The molecule has 0 heterocycles. The van der Waals surface area contributed by atoms with Gasteiger partial charge in [0.05, 0.1) is 5.56 Å². The van der Waals surface area contributed by atoms with Gasteiger partial charge in [0.1, 0.15) is 11.5 Å². The summed E-state index contributed by atoms with van der Waals surface area (Å²) in [5, 5.41) is 0. The number of hydrogen-bond acceptors (Lipinski definition) is 2. The Balaban J connectivity index is 2.18. The van der Waals surface area contributed by atoms with Crippen LogP contribution in [0.3, 0.4) is 0 Å². The summed E-state index contributed by atoms with van der Waals surface area (Å²) in [4.78, 5) is 14.3. The molecule has 21 heavy (non-hydrogen) atoms. The minimum atomic E-state index is -0.00465. The normalized spacial score (nSPS) is 10.2. The second-order valence-corrected chi connectivity index (χ2v) is 4.99. The second kappa shape index (κ2) is 7.48. The fraction of sp³-hybridized carbons (Fsp3) is 0.278. The maximum Gasteiger partial charge on any atom is 0.257 e. The van der Waals surface area contributed by atoms with Gasteiger partial charge in [-0.2, -0.15) is 0 Å². The Hall–Kier alpha value is -2.29. The van der Waals surface area contributed by atoms with E-state index in [1.807, 2.05) is 61.6 Å². The van der Waals surface area contributed by atoms with Crippen molar-refractivity contribution in [3.8, 4) is 11.5 Å². The van der Waals surface area contributed by atoms with Crippen molar-refractivity contribution in [1.29, 1.82) is 0 Å². The highest BCUT2D eigenvalue weighted by Gasteiger charge is 2.16. The molecule has 3 nitrogen and oxygen atoms in total. The van der Waals surface area contributed by atoms with Crippen LogP contribution in [0.4, 0.5) is 0 Å². The van der Waals surface area contributed by atoms with E-state index in [1.165, 1.54) is 0 Å². The molecule has 0 fully saturated rings. The topological polar surface area (TPSA) is 29.5 Å². The van der Waals surface area contributed by atoms with E-state index >= 15 is 0 Å². The fourth-order valence-corrected chi connectivity index (χ4v) is 2.05. The molecule has 0 aliphatic carbocycles. The van der Waals surface area contributed by atoms with Crippen LogP contribution < -0.4 is 4.74 Å². The summed E-state index contributed by atoms with van der Waals surface area (Å²) in [6, 6.07) is 16.9. The van der Waals surface area contributed by atoms with Gasteiger partial charge in [0.25, 0.3) is 5.91 Å². The Kier molecular flexibility index (Phi) is 5.38. The standard InChI is InChI=1S/C18H21NO2/c1-3-4-14-19(2)18(20)16-12-8-9-13-17(16)21-15-10-6-5-7-11-15/h5-13H,3-4,14H2,1-2H3. The highest BCUT2D eigenvalue weighted by molar-refractivity contribution is 5.96. The van der Waals surface area contributed by atoms with Crippen LogP contribution in [0, 0.1) is 0 Å². The molecule has 0 atom stereocenters. The molecule has 0 spiro atoms. The Bertz CT molecular complexity index is 581. The molecular formula is C18H21NO2. The molecule has 2 aromatic carbocycles. The van der Waals surface area contributed by atoms with Crippen molar-refractivity contribution in [2.24, 2.45) is 0 Å². The lowest BCUT2D eigenvalue weighted by atomic mass is 10.1.